The normalized spacial score (nSPS) is 12.5. The molecular formula is C13H13N5S. The van der Waals surface area contributed by atoms with E-state index in [1.54, 1.807) is 22.3 Å². The van der Waals surface area contributed by atoms with Crippen molar-refractivity contribution in [3.63, 3.8) is 0 Å². The highest BCUT2D eigenvalue weighted by atomic mass is 32.1. The van der Waals surface area contributed by atoms with E-state index in [9.17, 15) is 0 Å². The fourth-order valence-electron chi connectivity index (χ4n) is 1.88. The van der Waals surface area contributed by atoms with Crippen LogP contribution in [0.25, 0.3) is 5.69 Å². The Morgan fingerprint density at radius 2 is 2.05 bits per heavy atom. The first-order valence-corrected chi connectivity index (χ1v) is 6.78. The third kappa shape index (κ3) is 2.41. The van der Waals surface area contributed by atoms with Gasteiger partial charge in [-0.3, -0.25) is 5.84 Å². The summed E-state index contributed by atoms with van der Waals surface area (Å²) in [4.78, 5) is 1.60. The van der Waals surface area contributed by atoms with Gasteiger partial charge in [-0.1, -0.05) is 18.2 Å². The van der Waals surface area contributed by atoms with Crippen LogP contribution in [0.3, 0.4) is 0 Å². The molecule has 0 saturated carbocycles. The number of para-hydroxylation sites is 1. The van der Waals surface area contributed by atoms with Crippen LogP contribution in [0.2, 0.25) is 0 Å². The van der Waals surface area contributed by atoms with Gasteiger partial charge < -0.3 is 0 Å². The summed E-state index contributed by atoms with van der Waals surface area (Å²) >= 11 is 1.63. The number of nitrogens with two attached hydrogens (primary N) is 1. The lowest BCUT2D eigenvalue weighted by Gasteiger charge is -2.10. The molecule has 2 heterocycles. The lowest BCUT2D eigenvalue weighted by Crippen LogP contribution is -2.28. The van der Waals surface area contributed by atoms with Crippen LogP contribution >= 0.6 is 11.3 Å². The highest BCUT2D eigenvalue weighted by Gasteiger charge is 2.16. The maximum atomic E-state index is 5.62. The van der Waals surface area contributed by atoms with Gasteiger partial charge in [0, 0.05) is 0 Å². The van der Waals surface area contributed by atoms with Crippen molar-refractivity contribution in [3.8, 4) is 5.69 Å². The molecule has 0 spiro atoms. The topological polar surface area (TPSA) is 68.8 Å². The van der Waals surface area contributed by atoms with Crippen molar-refractivity contribution in [2.45, 2.75) is 6.04 Å². The predicted molar refractivity (Wildman–Crippen MR) is 74.8 cm³/mol. The molecule has 0 aliphatic rings. The number of thiophene rings is 1. The Hall–Kier alpha value is -2.02. The van der Waals surface area contributed by atoms with Crippen LogP contribution in [0, 0.1) is 0 Å². The van der Waals surface area contributed by atoms with Crippen molar-refractivity contribution in [3.05, 3.63) is 64.6 Å². The van der Waals surface area contributed by atoms with Crippen LogP contribution in [0.1, 0.15) is 17.3 Å². The van der Waals surface area contributed by atoms with Gasteiger partial charge in [-0.05, 0) is 34.5 Å². The summed E-state index contributed by atoms with van der Waals surface area (Å²) in [5, 5.41) is 12.8. The largest absolute Gasteiger partial charge is 0.271 e. The third-order valence-electron chi connectivity index (χ3n) is 2.84. The molecule has 3 N–H and O–H groups in total. The Kier molecular flexibility index (Phi) is 3.37. The van der Waals surface area contributed by atoms with Gasteiger partial charge >= 0.3 is 0 Å². The van der Waals surface area contributed by atoms with E-state index in [2.05, 4.69) is 15.6 Å². The number of nitrogens with one attached hydrogen (secondary N) is 1. The monoisotopic (exact) mass is 271 g/mol. The maximum Gasteiger partial charge on any atom is 0.106 e. The van der Waals surface area contributed by atoms with E-state index in [0.717, 1.165) is 16.9 Å². The summed E-state index contributed by atoms with van der Waals surface area (Å²) in [6, 6.07) is 11.7. The molecule has 2 aromatic heterocycles. The number of nitrogens with zero attached hydrogens (tertiary/aromatic N) is 3. The van der Waals surface area contributed by atoms with Crippen molar-refractivity contribution in [1.82, 2.24) is 20.4 Å². The van der Waals surface area contributed by atoms with Gasteiger partial charge in [0.2, 0.25) is 0 Å². The van der Waals surface area contributed by atoms with Crippen molar-refractivity contribution in [1.29, 1.82) is 0 Å². The lowest BCUT2D eigenvalue weighted by molar-refractivity contribution is 0.610. The molecule has 96 valence electrons. The van der Waals surface area contributed by atoms with Gasteiger partial charge in [-0.25, -0.2) is 5.43 Å². The van der Waals surface area contributed by atoms with Crippen molar-refractivity contribution in [2.75, 3.05) is 0 Å². The number of aromatic nitrogens is 3. The second kappa shape index (κ2) is 5.31. The molecule has 3 rings (SSSR count). The molecule has 0 fully saturated rings. The van der Waals surface area contributed by atoms with Crippen LogP contribution in [-0.4, -0.2) is 15.0 Å². The van der Waals surface area contributed by atoms with E-state index in [0.29, 0.717) is 0 Å². The first-order valence-electron chi connectivity index (χ1n) is 5.84. The molecule has 0 aliphatic heterocycles. The average molecular weight is 271 g/mol. The van der Waals surface area contributed by atoms with Gasteiger partial charge in [0.15, 0.2) is 0 Å². The predicted octanol–water partition coefficient (Wildman–Crippen LogP) is 1.88. The van der Waals surface area contributed by atoms with Gasteiger partial charge in [-0.2, -0.15) is 26.3 Å². The Bertz CT molecular complexity index is 632. The SMILES string of the molecule is NNC(c1ccsc1)c1cnn(-c2ccccc2)n1. The Morgan fingerprint density at radius 3 is 2.74 bits per heavy atom. The van der Waals surface area contributed by atoms with Crippen molar-refractivity contribution >= 4 is 11.3 Å². The minimum Gasteiger partial charge on any atom is -0.271 e. The van der Waals surface area contributed by atoms with Crippen LogP contribution in [0.5, 0.6) is 0 Å². The van der Waals surface area contributed by atoms with E-state index < -0.39 is 0 Å². The molecule has 5 nitrogen and oxygen atoms in total. The van der Waals surface area contributed by atoms with Crippen LogP contribution < -0.4 is 11.3 Å². The quantitative estimate of drug-likeness (QED) is 0.561. The zero-order chi connectivity index (χ0) is 13.1. The average Bonchev–Trinajstić information content (AvgIpc) is 3.12. The summed E-state index contributed by atoms with van der Waals surface area (Å²) in [6.07, 6.45) is 1.73. The summed E-state index contributed by atoms with van der Waals surface area (Å²) in [5.41, 5.74) is 5.59. The van der Waals surface area contributed by atoms with Gasteiger partial charge in [-0.15, -0.1) is 0 Å². The highest BCUT2D eigenvalue weighted by molar-refractivity contribution is 7.08. The zero-order valence-electron chi connectivity index (χ0n) is 10.1. The summed E-state index contributed by atoms with van der Waals surface area (Å²) in [7, 11) is 0. The summed E-state index contributed by atoms with van der Waals surface area (Å²) in [5.74, 6) is 5.62. The molecule has 3 aromatic rings. The molecular weight excluding hydrogens is 258 g/mol. The number of rotatable bonds is 4. The molecule has 0 aliphatic carbocycles. The van der Waals surface area contributed by atoms with Gasteiger partial charge in [0.05, 0.1) is 17.9 Å². The van der Waals surface area contributed by atoms with E-state index in [1.807, 2.05) is 47.2 Å². The smallest absolute Gasteiger partial charge is 0.106 e. The van der Waals surface area contributed by atoms with E-state index in [4.69, 9.17) is 5.84 Å². The highest BCUT2D eigenvalue weighted by Crippen LogP contribution is 2.21. The first kappa shape index (κ1) is 12.0. The molecule has 0 bridgehead atoms. The lowest BCUT2D eigenvalue weighted by atomic mass is 10.1. The number of hydrazine groups is 1. The Labute approximate surface area is 114 Å². The van der Waals surface area contributed by atoms with E-state index in [1.165, 1.54) is 0 Å². The summed E-state index contributed by atoms with van der Waals surface area (Å²) < 4.78 is 0. The van der Waals surface area contributed by atoms with Crippen LogP contribution in [0.4, 0.5) is 0 Å². The molecule has 1 atom stereocenters. The van der Waals surface area contributed by atoms with Crippen molar-refractivity contribution in [2.24, 2.45) is 5.84 Å². The molecule has 19 heavy (non-hydrogen) atoms. The third-order valence-corrected chi connectivity index (χ3v) is 3.54. The molecule has 0 amide bonds. The number of hydrogen-bond donors (Lipinski definition) is 2. The number of hydrogen-bond acceptors (Lipinski definition) is 5. The molecule has 0 saturated heterocycles. The Balaban J connectivity index is 1.93. The minimum absolute atomic E-state index is 0.135. The number of benzene rings is 1. The second-order valence-corrected chi connectivity index (χ2v) is 4.83. The van der Waals surface area contributed by atoms with Gasteiger partial charge in [0.1, 0.15) is 5.69 Å². The van der Waals surface area contributed by atoms with E-state index in [-0.39, 0.29) is 6.04 Å². The first-order chi connectivity index (χ1) is 9.38. The van der Waals surface area contributed by atoms with E-state index >= 15 is 0 Å². The maximum absolute atomic E-state index is 5.62. The fourth-order valence-corrected chi connectivity index (χ4v) is 2.57. The molecule has 1 aromatic carbocycles. The summed E-state index contributed by atoms with van der Waals surface area (Å²) in [6.45, 7) is 0. The zero-order valence-corrected chi connectivity index (χ0v) is 10.9. The molecule has 1 unspecified atom stereocenters. The van der Waals surface area contributed by atoms with Crippen molar-refractivity contribution < 1.29 is 0 Å². The van der Waals surface area contributed by atoms with Crippen LogP contribution in [0.15, 0.2) is 53.4 Å². The molecule has 6 heteroatoms. The molecule has 0 radical (unpaired) electrons. The van der Waals surface area contributed by atoms with Crippen LogP contribution in [-0.2, 0) is 0 Å². The minimum atomic E-state index is -0.135. The second-order valence-electron chi connectivity index (χ2n) is 4.05. The van der Waals surface area contributed by atoms with Gasteiger partial charge in [0.25, 0.3) is 0 Å². The standard InChI is InChI=1S/C13H13N5S/c14-16-13(10-6-7-19-9-10)12-8-15-18(17-12)11-4-2-1-3-5-11/h1-9,13,16H,14H2. The Morgan fingerprint density at radius 1 is 1.21 bits per heavy atom. The fraction of sp³-hybridized carbons (Fsp3) is 0.0769.